The van der Waals surface area contributed by atoms with E-state index in [0.717, 1.165) is 45.2 Å². The van der Waals surface area contributed by atoms with Gasteiger partial charge in [0.1, 0.15) is 5.78 Å². The lowest BCUT2D eigenvalue weighted by molar-refractivity contribution is -0.131. The average Bonchev–Trinajstić information content (AvgIpc) is 2.90. The van der Waals surface area contributed by atoms with Crippen LogP contribution in [0, 0.1) is 34.0 Å². The largest absolute Gasteiger partial charge is 0.390 e. The van der Waals surface area contributed by atoms with Crippen molar-refractivity contribution in [1.29, 1.82) is 0 Å². The lowest BCUT2D eigenvalue weighted by atomic mass is 9.45. The minimum absolute atomic E-state index is 0.0264. The first kappa shape index (κ1) is 18.8. The smallest absolute Gasteiger partial charge is 0.152 e. The number of nitrogens with zero attached hydrogens (tertiary/aromatic N) is 1. The Morgan fingerprint density at radius 3 is 2.50 bits per heavy atom. The Morgan fingerprint density at radius 2 is 1.79 bits per heavy atom. The molecule has 5 rings (SSSR count). The minimum Gasteiger partial charge on any atom is -0.390 e. The average molecular weight is 385 g/mol. The van der Waals surface area contributed by atoms with E-state index in [2.05, 4.69) is 44.2 Å². The van der Waals surface area contributed by atoms with Gasteiger partial charge in [-0.3, -0.25) is 4.79 Å². The van der Waals surface area contributed by atoms with E-state index in [0.29, 0.717) is 23.5 Å². The van der Waals surface area contributed by atoms with Gasteiger partial charge in [0.2, 0.25) is 0 Å². The monoisotopic (exact) mass is 384 g/mol. The highest BCUT2D eigenvalue weighted by Gasteiger charge is 2.60. The molecule has 4 aliphatic carbocycles. The predicted octanol–water partition coefficient (Wildman–Crippen LogP) is 4.50. The van der Waals surface area contributed by atoms with E-state index in [9.17, 15) is 4.79 Å². The van der Waals surface area contributed by atoms with Crippen LogP contribution in [0.5, 0.6) is 0 Å². The molecule has 0 aromatic heterocycles. The zero-order valence-corrected chi connectivity index (χ0v) is 18.0. The third-order valence-electron chi connectivity index (χ3n) is 9.51. The summed E-state index contributed by atoms with van der Waals surface area (Å²) in [7, 11) is 0. The number of carbonyl (C=O) groups is 1. The third-order valence-corrected chi connectivity index (χ3v) is 9.51. The molecule has 5 atom stereocenters. The lowest BCUT2D eigenvalue weighted by Gasteiger charge is -2.59. The fourth-order valence-electron chi connectivity index (χ4n) is 7.63. The van der Waals surface area contributed by atoms with Crippen molar-refractivity contribution in [3.8, 4) is 0 Å². The van der Waals surface area contributed by atoms with Crippen LogP contribution in [0.15, 0.2) is 16.8 Å². The molecule has 1 N–H and O–H groups in total. The van der Waals surface area contributed by atoms with Gasteiger partial charge < -0.3 is 10.2 Å². The first-order valence-corrected chi connectivity index (χ1v) is 11.4. The Kier molecular flexibility index (Phi) is 4.15. The number of Topliss-reactive ketones (excluding diaryl/α,β-unsaturated/α-hetero) is 1. The molecule has 0 aromatic rings. The molecular formula is C24H36N2O2. The molecule has 28 heavy (non-hydrogen) atoms. The summed E-state index contributed by atoms with van der Waals surface area (Å²) in [6.45, 7) is 11.3. The fourth-order valence-corrected chi connectivity index (χ4v) is 7.63. The van der Waals surface area contributed by atoms with Gasteiger partial charge in [0, 0.05) is 30.3 Å². The van der Waals surface area contributed by atoms with E-state index in [1.54, 1.807) is 5.57 Å². The third kappa shape index (κ3) is 2.45. The van der Waals surface area contributed by atoms with E-state index >= 15 is 0 Å². The summed E-state index contributed by atoms with van der Waals surface area (Å²) < 4.78 is 0. The zero-order valence-electron chi connectivity index (χ0n) is 18.0. The number of nitrogens with one attached hydrogen (secondary N) is 1. The Balaban J connectivity index is 1.45. The number of carbonyl (C=O) groups excluding carboxylic acids is 1. The number of fused-ring (bicyclic) bond motifs is 5. The van der Waals surface area contributed by atoms with Gasteiger partial charge in [-0.25, -0.2) is 0 Å². The number of allylic oxidation sites excluding steroid dienone is 2. The van der Waals surface area contributed by atoms with Crippen LogP contribution in [0.1, 0.15) is 72.6 Å². The van der Waals surface area contributed by atoms with Crippen LogP contribution in [0.25, 0.3) is 0 Å². The van der Waals surface area contributed by atoms with Crippen LogP contribution in [-0.2, 0) is 9.63 Å². The Labute approximate surface area is 169 Å². The van der Waals surface area contributed by atoms with Gasteiger partial charge in [0.25, 0.3) is 0 Å². The van der Waals surface area contributed by atoms with Gasteiger partial charge in [-0.05, 0) is 61.7 Å². The predicted molar refractivity (Wildman–Crippen MR) is 111 cm³/mol. The second kappa shape index (κ2) is 6.17. The van der Waals surface area contributed by atoms with Gasteiger partial charge in [-0.1, -0.05) is 44.5 Å². The van der Waals surface area contributed by atoms with Crippen molar-refractivity contribution < 1.29 is 9.63 Å². The molecule has 4 nitrogen and oxygen atoms in total. The molecule has 3 saturated carbocycles. The number of rotatable bonds is 2. The van der Waals surface area contributed by atoms with Crippen LogP contribution in [0.4, 0.5) is 0 Å². The first-order chi connectivity index (χ1) is 13.3. The Morgan fingerprint density at radius 1 is 1.04 bits per heavy atom. The molecule has 1 aliphatic heterocycles. The molecule has 0 radical (unpaired) electrons. The first-order valence-electron chi connectivity index (χ1n) is 11.4. The summed E-state index contributed by atoms with van der Waals surface area (Å²) in [5, 5.41) is 7.90. The number of hydrogen-bond donors (Lipinski definition) is 1. The van der Waals surface area contributed by atoms with E-state index in [-0.39, 0.29) is 22.3 Å². The molecule has 1 saturated heterocycles. The minimum atomic E-state index is -0.0374. The van der Waals surface area contributed by atoms with Gasteiger partial charge in [-0.2, -0.15) is 0 Å². The normalized spacial score (nSPS) is 46.3. The SMILES string of the molecule is CC1(C)C2=CC[C@@H]3[C@H](CC[C@]4(C)C(=O)CC[C@@H]34)[C@@]2(C)CC/C1=N/OC1CNC1. The van der Waals surface area contributed by atoms with Crippen molar-refractivity contribution in [3.63, 3.8) is 0 Å². The Bertz CT molecular complexity index is 750. The molecule has 4 fully saturated rings. The van der Waals surface area contributed by atoms with Crippen LogP contribution < -0.4 is 5.32 Å². The second-order valence-electron chi connectivity index (χ2n) is 11.1. The van der Waals surface area contributed by atoms with E-state index in [1.165, 1.54) is 18.6 Å². The lowest BCUT2D eigenvalue weighted by Crippen LogP contribution is -2.53. The van der Waals surface area contributed by atoms with Gasteiger partial charge in [-0.15, -0.1) is 0 Å². The van der Waals surface area contributed by atoms with Crippen LogP contribution in [0.3, 0.4) is 0 Å². The Hall–Kier alpha value is -1.16. The molecular weight excluding hydrogens is 348 g/mol. The second-order valence-corrected chi connectivity index (χ2v) is 11.1. The maximum Gasteiger partial charge on any atom is 0.152 e. The highest BCUT2D eigenvalue weighted by molar-refractivity contribution is 5.93. The quantitative estimate of drug-likeness (QED) is 0.563. The molecule has 1 heterocycles. The highest BCUT2D eigenvalue weighted by atomic mass is 16.6. The number of hydrogen-bond acceptors (Lipinski definition) is 4. The van der Waals surface area contributed by atoms with Crippen molar-refractivity contribution in [2.24, 2.45) is 39.2 Å². The van der Waals surface area contributed by atoms with Crippen LogP contribution >= 0.6 is 0 Å². The van der Waals surface area contributed by atoms with E-state index < -0.39 is 0 Å². The molecule has 154 valence electrons. The molecule has 0 spiro atoms. The van der Waals surface area contributed by atoms with Gasteiger partial charge in [0.05, 0.1) is 5.71 Å². The summed E-state index contributed by atoms with van der Waals surface area (Å²) in [5.41, 5.74) is 3.00. The maximum atomic E-state index is 12.6. The molecule has 0 unspecified atom stereocenters. The summed E-state index contributed by atoms with van der Waals surface area (Å²) in [4.78, 5) is 18.4. The van der Waals surface area contributed by atoms with E-state index in [4.69, 9.17) is 4.84 Å². The van der Waals surface area contributed by atoms with Gasteiger partial charge in [0.15, 0.2) is 6.10 Å². The maximum absolute atomic E-state index is 12.6. The van der Waals surface area contributed by atoms with Crippen molar-refractivity contribution >= 4 is 11.5 Å². The molecule has 0 amide bonds. The molecule has 5 aliphatic rings. The van der Waals surface area contributed by atoms with Crippen LogP contribution in [-0.4, -0.2) is 30.7 Å². The number of ketones is 1. The molecule has 4 heteroatoms. The van der Waals surface area contributed by atoms with Crippen molar-refractivity contribution in [2.75, 3.05) is 13.1 Å². The molecule has 0 bridgehead atoms. The molecule has 0 aromatic carbocycles. The zero-order chi connectivity index (χ0) is 19.7. The van der Waals surface area contributed by atoms with Crippen molar-refractivity contribution in [3.05, 3.63) is 11.6 Å². The summed E-state index contributed by atoms with van der Waals surface area (Å²) in [6.07, 6.45) is 10.4. The standard InChI is InChI=1S/C24H36N2O2/c1-22(2)19-7-5-16-17-6-8-21(27)24(17,4)11-9-18(16)23(19,3)12-10-20(22)26-28-15-13-25-14-15/h7,15-18,25H,5-6,8-14H2,1-4H3/b26-20-/t16-,17-,18-,23+,24-/m0/s1. The number of oxime groups is 1. The van der Waals surface area contributed by atoms with Gasteiger partial charge >= 0.3 is 0 Å². The van der Waals surface area contributed by atoms with Crippen molar-refractivity contribution in [1.82, 2.24) is 5.32 Å². The van der Waals surface area contributed by atoms with E-state index in [1.807, 2.05) is 0 Å². The van der Waals surface area contributed by atoms with Crippen molar-refractivity contribution in [2.45, 2.75) is 78.7 Å². The van der Waals surface area contributed by atoms with Crippen LogP contribution in [0.2, 0.25) is 0 Å². The summed E-state index contributed by atoms with van der Waals surface area (Å²) >= 11 is 0. The highest BCUT2D eigenvalue weighted by Crippen LogP contribution is 2.66. The fraction of sp³-hybridized carbons (Fsp3) is 0.833. The summed E-state index contributed by atoms with van der Waals surface area (Å²) in [5.74, 6) is 2.54. The topological polar surface area (TPSA) is 50.7 Å². The summed E-state index contributed by atoms with van der Waals surface area (Å²) in [6, 6.07) is 0.